The first-order valence-electron chi connectivity index (χ1n) is 9.67. The lowest BCUT2D eigenvalue weighted by atomic mass is 10.1. The topological polar surface area (TPSA) is 109 Å². The highest BCUT2D eigenvalue weighted by molar-refractivity contribution is 7.88. The fraction of sp³-hybridized carbons (Fsp3) is 0.500. The third kappa shape index (κ3) is 7.51. The molecule has 1 heterocycles. The van der Waals surface area contributed by atoms with Gasteiger partial charge in [-0.1, -0.05) is 43.3 Å². The van der Waals surface area contributed by atoms with Gasteiger partial charge in [0.25, 0.3) is 0 Å². The Balaban J connectivity index is 1.97. The first-order chi connectivity index (χ1) is 13.7. The van der Waals surface area contributed by atoms with E-state index < -0.39 is 10.0 Å². The maximum atomic E-state index is 12.3. The van der Waals surface area contributed by atoms with Gasteiger partial charge < -0.3 is 15.2 Å². The molecule has 0 aliphatic heterocycles. The summed E-state index contributed by atoms with van der Waals surface area (Å²) >= 11 is 0. The quantitative estimate of drug-likeness (QED) is 0.424. The number of nitrogens with one attached hydrogen (secondary N) is 3. The van der Waals surface area contributed by atoms with E-state index >= 15 is 0 Å². The van der Waals surface area contributed by atoms with E-state index in [0.29, 0.717) is 25.0 Å². The minimum atomic E-state index is -3.39. The smallest absolute Gasteiger partial charge is 0.216 e. The molecule has 9 heteroatoms. The molecule has 0 radical (unpaired) electrons. The lowest BCUT2D eigenvalue weighted by molar-refractivity contribution is 0.372. The Morgan fingerprint density at radius 2 is 1.76 bits per heavy atom. The Hall–Kier alpha value is -2.39. The second-order valence-electron chi connectivity index (χ2n) is 7.45. The lowest BCUT2D eigenvalue weighted by Gasteiger charge is -2.15. The Morgan fingerprint density at radius 1 is 1.10 bits per heavy atom. The summed E-state index contributed by atoms with van der Waals surface area (Å²) in [7, 11) is -1.72. The molecule has 0 amide bonds. The lowest BCUT2D eigenvalue weighted by Crippen LogP contribution is -2.36. The maximum Gasteiger partial charge on any atom is 0.216 e. The minimum absolute atomic E-state index is 0.0644. The van der Waals surface area contributed by atoms with Crippen LogP contribution < -0.4 is 15.4 Å². The highest BCUT2D eigenvalue weighted by Gasteiger charge is 2.15. The number of sulfonamides is 1. The molecule has 0 atom stereocenters. The van der Waals surface area contributed by atoms with Crippen LogP contribution in [0.1, 0.15) is 56.2 Å². The Labute approximate surface area is 173 Å². The molecule has 0 fully saturated rings. The second-order valence-corrected chi connectivity index (χ2v) is 9.21. The van der Waals surface area contributed by atoms with Crippen LogP contribution in [0.3, 0.4) is 0 Å². The van der Waals surface area contributed by atoms with Crippen molar-refractivity contribution >= 4 is 16.0 Å². The van der Waals surface area contributed by atoms with E-state index in [1.54, 1.807) is 20.9 Å². The molecule has 160 valence electrons. The zero-order valence-electron chi connectivity index (χ0n) is 17.7. The molecule has 0 aliphatic carbocycles. The third-order valence-corrected chi connectivity index (χ3v) is 5.67. The number of aliphatic imine (C=N–C) groups is 1. The van der Waals surface area contributed by atoms with E-state index in [4.69, 9.17) is 4.52 Å². The van der Waals surface area contributed by atoms with Crippen molar-refractivity contribution in [2.75, 3.05) is 7.05 Å². The molecule has 0 saturated carbocycles. The molecule has 0 saturated heterocycles. The molecule has 0 spiro atoms. The molecule has 1 aromatic heterocycles. The number of rotatable bonds is 9. The summed E-state index contributed by atoms with van der Waals surface area (Å²) in [4.78, 5) is 4.21. The van der Waals surface area contributed by atoms with Gasteiger partial charge in [0.05, 0.1) is 18.0 Å². The molecule has 2 aromatic rings. The summed E-state index contributed by atoms with van der Waals surface area (Å²) in [5.74, 6) is 1.56. The Morgan fingerprint density at radius 3 is 2.34 bits per heavy atom. The van der Waals surface area contributed by atoms with Crippen LogP contribution in [-0.4, -0.2) is 32.6 Å². The van der Waals surface area contributed by atoms with Gasteiger partial charge in [-0.2, -0.15) is 0 Å². The second kappa shape index (κ2) is 10.4. The number of nitrogens with zero attached hydrogens (tertiary/aromatic N) is 2. The van der Waals surface area contributed by atoms with Gasteiger partial charge in [0.2, 0.25) is 10.0 Å². The highest BCUT2D eigenvalue weighted by atomic mass is 32.2. The Bertz CT molecular complexity index is 920. The molecule has 2 rings (SSSR count). The van der Waals surface area contributed by atoms with Crippen molar-refractivity contribution in [1.82, 2.24) is 20.5 Å². The summed E-state index contributed by atoms with van der Waals surface area (Å²) in [6.07, 6.45) is 0. The van der Waals surface area contributed by atoms with Gasteiger partial charge in [0, 0.05) is 25.7 Å². The van der Waals surface area contributed by atoms with Crippen molar-refractivity contribution in [3.8, 4) is 0 Å². The van der Waals surface area contributed by atoms with E-state index in [0.717, 1.165) is 22.6 Å². The summed E-state index contributed by atoms with van der Waals surface area (Å²) in [5.41, 5.74) is 2.56. The molecular formula is C20H31N5O3S. The normalized spacial score (nSPS) is 12.6. The fourth-order valence-electron chi connectivity index (χ4n) is 2.73. The molecule has 0 unspecified atom stereocenters. The van der Waals surface area contributed by atoms with E-state index in [9.17, 15) is 8.42 Å². The van der Waals surface area contributed by atoms with Crippen molar-refractivity contribution in [2.24, 2.45) is 4.99 Å². The number of guanidine groups is 1. The van der Waals surface area contributed by atoms with Crippen molar-refractivity contribution in [3.05, 3.63) is 52.9 Å². The SMILES string of the molecule is CN=C(NCc1cc(C(C)C)no1)NCc1ccccc1CS(=O)(=O)NC(C)C. The standard InChI is InChI=1S/C20H31N5O3S/c1-14(2)19-10-18(28-24-19)12-23-20(21-5)22-11-16-8-6-7-9-17(16)13-29(26,27)25-15(3)4/h6-10,14-15,25H,11-13H2,1-5H3,(H2,21,22,23). The van der Waals surface area contributed by atoms with Gasteiger partial charge in [-0.25, -0.2) is 13.1 Å². The summed E-state index contributed by atoms with van der Waals surface area (Å²) in [5, 5.41) is 10.4. The van der Waals surface area contributed by atoms with Gasteiger partial charge >= 0.3 is 0 Å². The molecule has 3 N–H and O–H groups in total. The van der Waals surface area contributed by atoms with Gasteiger partial charge in [-0.15, -0.1) is 0 Å². The zero-order valence-corrected chi connectivity index (χ0v) is 18.5. The van der Waals surface area contributed by atoms with E-state index in [1.165, 1.54) is 0 Å². The van der Waals surface area contributed by atoms with Crippen LogP contribution in [0.25, 0.3) is 0 Å². The average molecular weight is 422 g/mol. The monoisotopic (exact) mass is 421 g/mol. The summed E-state index contributed by atoms with van der Waals surface area (Å²) < 4.78 is 32.5. The fourth-order valence-corrected chi connectivity index (χ4v) is 4.22. The summed E-state index contributed by atoms with van der Waals surface area (Å²) in [6.45, 7) is 8.63. The average Bonchev–Trinajstić information content (AvgIpc) is 3.11. The minimum Gasteiger partial charge on any atom is -0.359 e. The molecule has 1 aromatic carbocycles. The largest absolute Gasteiger partial charge is 0.359 e. The zero-order chi connectivity index (χ0) is 21.4. The van der Waals surface area contributed by atoms with Gasteiger partial charge in [0.1, 0.15) is 0 Å². The molecular weight excluding hydrogens is 390 g/mol. The first-order valence-corrected chi connectivity index (χ1v) is 11.3. The van der Waals surface area contributed by atoms with E-state index in [-0.39, 0.29) is 11.8 Å². The number of hydrogen-bond acceptors (Lipinski definition) is 5. The number of aromatic nitrogens is 1. The van der Waals surface area contributed by atoms with E-state index in [1.807, 2.05) is 30.3 Å². The van der Waals surface area contributed by atoms with Gasteiger partial charge in [-0.05, 0) is 30.9 Å². The third-order valence-electron chi connectivity index (χ3n) is 4.15. The van der Waals surface area contributed by atoms with Gasteiger partial charge in [-0.3, -0.25) is 4.99 Å². The summed E-state index contributed by atoms with van der Waals surface area (Å²) in [6, 6.07) is 9.25. The molecule has 29 heavy (non-hydrogen) atoms. The predicted octanol–water partition coefficient (Wildman–Crippen LogP) is 2.49. The van der Waals surface area contributed by atoms with Crippen LogP contribution in [0, 0.1) is 0 Å². The molecule has 0 bridgehead atoms. The number of hydrogen-bond donors (Lipinski definition) is 3. The van der Waals surface area contributed by atoms with Crippen LogP contribution in [0.4, 0.5) is 0 Å². The van der Waals surface area contributed by atoms with Crippen LogP contribution >= 0.6 is 0 Å². The first kappa shape index (κ1) is 22.9. The molecule has 0 aliphatic rings. The van der Waals surface area contributed by atoms with Crippen molar-refractivity contribution in [2.45, 2.75) is 58.5 Å². The Kier molecular flexibility index (Phi) is 8.21. The maximum absolute atomic E-state index is 12.3. The van der Waals surface area contributed by atoms with Crippen molar-refractivity contribution in [1.29, 1.82) is 0 Å². The highest BCUT2D eigenvalue weighted by Crippen LogP contribution is 2.14. The van der Waals surface area contributed by atoms with Crippen molar-refractivity contribution < 1.29 is 12.9 Å². The number of benzene rings is 1. The van der Waals surface area contributed by atoms with Gasteiger partial charge in [0.15, 0.2) is 11.7 Å². The molecule has 8 nitrogen and oxygen atoms in total. The van der Waals surface area contributed by atoms with Crippen LogP contribution in [0.5, 0.6) is 0 Å². The van der Waals surface area contributed by atoms with E-state index in [2.05, 4.69) is 39.4 Å². The van der Waals surface area contributed by atoms with Crippen LogP contribution in [0.15, 0.2) is 39.8 Å². The van der Waals surface area contributed by atoms with Crippen LogP contribution in [-0.2, 0) is 28.9 Å². The van der Waals surface area contributed by atoms with Crippen LogP contribution in [0.2, 0.25) is 0 Å². The van der Waals surface area contributed by atoms with Crippen molar-refractivity contribution in [3.63, 3.8) is 0 Å². The predicted molar refractivity (Wildman–Crippen MR) is 115 cm³/mol.